The number of hydrogen-bond acceptors (Lipinski definition) is 5. The van der Waals surface area contributed by atoms with Crippen LogP contribution in [0.4, 0.5) is 0 Å². The summed E-state index contributed by atoms with van der Waals surface area (Å²) < 4.78 is 30.7. The quantitative estimate of drug-likeness (QED) is 0.121. The van der Waals surface area contributed by atoms with Crippen molar-refractivity contribution in [3.63, 3.8) is 0 Å². The Kier molecular flexibility index (Phi) is 10.5. The lowest BCUT2D eigenvalue weighted by Gasteiger charge is -2.18. The summed E-state index contributed by atoms with van der Waals surface area (Å²) in [4.78, 5) is 0. The van der Waals surface area contributed by atoms with E-state index in [1.165, 1.54) is 0 Å². The Morgan fingerprint density at radius 3 is 1.17 bits per heavy atom. The molecule has 0 spiro atoms. The van der Waals surface area contributed by atoms with Crippen LogP contribution in [0, 0.1) is 0 Å². The highest BCUT2D eigenvalue weighted by molar-refractivity contribution is 5.76. The first-order valence-electron chi connectivity index (χ1n) is 16.0. The van der Waals surface area contributed by atoms with E-state index >= 15 is 0 Å². The van der Waals surface area contributed by atoms with Crippen LogP contribution in [0.1, 0.15) is 25.0 Å². The summed E-state index contributed by atoms with van der Waals surface area (Å²) in [6.07, 6.45) is 0. The lowest BCUT2D eigenvalue weighted by molar-refractivity contribution is 0.107. The molecule has 0 aliphatic heterocycles. The Balaban J connectivity index is 1.31. The molecule has 0 amide bonds. The van der Waals surface area contributed by atoms with Crippen molar-refractivity contribution < 1.29 is 23.7 Å². The lowest BCUT2D eigenvalue weighted by atomic mass is 9.98. The molecule has 236 valence electrons. The fourth-order valence-corrected chi connectivity index (χ4v) is 5.49. The van der Waals surface area contributed by atoms with Gasteiger partial charge in [-0.15, -0.1) is 0 Å². The van der Waals surface area contributed by atoms with E-state index < -0.39 is 0 Å². The van der Waals surface area contributed by atoms with E-state index in [-0.39, 0.29) is 0 Å². The summed E-state index contributed by atoms with van der Waals surface area (Å²) >= 11 is 0. The maximum atomic E-state index is 6.50. The Morgan fingerprint density at radius 2 is 0.787 bits per heavy atom. The molecule has 0 aliphatic carbocycles. The second-order valence-electron chi connectivity index (χ2n) is 10.8. The molecule has 5 heteroatoms. The van der Waals surface area contributed by atoms with Crippen LogP contribution in [0.5, 0.6) is 34.5 Å². The largest absolute Gasteiger partial charge is 0.494 e. The minimum atomic E-state index is 0.376. The third-order valence-corrected chi connectivity index (χ3v) is 7.59. The summed E-state index contributed by atoms with van der Waals surface area (Å²) in [7, 11) is 0. The third kappa shape index (κ3) is 8.01. The molecule has 0 atom stereocenters. The van der Waals surface area contributed by atoms with Gasteiger partial charge in [0.1, 0.15) is 34.5 Å². The van der Waals surface area contributed by atoms with Crippen LogP contribution in [0.2, 0.25) is 0 Å². The zero-order chi connectivity index (χ0) is 32.3. The molecule has 0 heterocycles. The van der Waals surface area contributed by atoms with E-state index in [4.69, 9.17) is 23.7 Å². The van der Waals surface area contributed by atoms with Crippen LogP contribution >= 0.6 is 0 Å². The van der Waals surface area contributed by atoms with Gasteiger partial charge in [0.15, 0.2) is 0 Å². The Bertz CT molecular complexity index is 1710. The fraction of sp³-hybridized carbons (Fsp3) is 0.143. The second-order valence-corrected chi connectivity index (χ2v) is 10.8. The summed E-state index contributed by atoms with van der Waals surface area (Å²) in [6, 6.07) is 48.1. The van der Waals surface area contributed by atoms with Crippen molar-refractivity contribution >= 4 is 0 Å². The molecule has 0 N–H and O–H groups in total. The Hall–Kier alpha value is -5.52. The van der Waals surface area contributed by atoms with Gasteiger partial charge in [0, 0.05) is 11.1 Å². The van der Waals surface area contributed by atoms with Gasteiger partial charge in [0.05, 0.1) is 26.4 Å². The van der Waals surface area contributed by atoms with Crippen LogP contribution in [-0.4, -0.2) is 13.2 Å². The van der Waals surface area contributed by atoms with Gasteiger partial charge in [0.2, 0.25) is 0 Å². The molecule has 0 saturated carbocycles. The average molecular weight is 623 g/mol. The molecule has 6 rings (SSSR count). The van der Waals surface area contributed by atoms with E-state index in [9.17, 15) is 0 Å². The highest BCUT2D eigenvalue weighted by Crippen LogP contribution is 2.39. The van der Waals surface area contributed by atoms with Crippen molar-refractivity contribution in [3.8, 4) is 56.8 Å². The normalized spacial score (nSPS) is 10.8. The van der Waals surface area contributed by atoms with Crippen molar-refractivity contribution in [2.45, 2.75) is 27.1 Å². The molecule has 0 bridgehead atoms. The SMILES string of the molecule is CCOc1ccc(-c2c(COCc3cccc(Oc4ccccc4)c3-c3ccc(OCC)cc3)cccc2Oc2ccccc2)cc1. The molecule has 6 aromatic rings. The predicted octanol–water partition coefficient (Wildman–Crippen LogP) is 11.1. The molecule has 0 fully saturated rings. The van der Waals surface area contributed by atoms with Crippen molar-refractivity contribution in [2.24, 2.45) is 0 Å². The zero-order valence-corrected chi connectivity index (χ0v) is 26.7. The van der Waals surface area contributed by atoms with E-state index in [0.717, 1.165) is 67.9 Å². The van der Waals surface area contributed by atoms with E-state index in [1.807, 2.05) is 123 Å². The Labute approximate surface area is 276 Å². The maximum absolute atomic E-state index is 6.50. The highest BCUT2D eigenvalue weighted by atomic mass is 16.5. The monoisotopic (exact) mass is 622 g/mol. The van der Waals surface area contributed by atoms with Crippen molar-refractivity contribution in [2.75, 3.05) is 13.2 Å². The number of para-hydroxylation sites is 2. The van der Waals surface area contributed by atoms with Crippen molar-refractivity contribution in [3.05, 3.63) is 157 Å². The van der Waals surface area contributed by atoms with Gasteiger partial charge in [-0.3, -0.25) is 0 Å². The summed E-state index contributed by atoms with van der Waals surface area (Å²) in [5.74, 6) is 4.72. The molecule has 0 unspecified atom stereocenters. The number of rotatable bonds is 14. The summed E-state index contributed by atoms with van der Waals surface area (Å²) in [5, 5.41) is 0. The van der Waals surface area contributed by atoms with Gasteiger partial charge in [-0.25, -0.2) is 0 Å². The number of ether oxygens (including phenoxy) is 5. The lowest BCUT2D eigenvalue weighted by Crippen LogP contribution is -2.01. The van der Waals surface area contributed by atoms with Crippen molar-refractivity contribution in [1.29, 1.82) is 0 Å². The molecule has 5 nitrogen and oxygen atoms in total. The number of hydrogen-bond donors (Lipinski definition) is 0. The number of benzene rings is 6. The minimum Gasteiger partial charge on any atom is -0.494 e. The smallest absolute Gasteiger partial charge is 0.135 e. The van der Waals surface area contributed by atoms with E-state index in [2.05, 4.69) is 36.4 Å². The molecule has 47 heavy (non-hydrogen) atoms. The van der Waals surface area contributed by atoms with Gasteiger partial charge < -0.3 is 23.7 Å². The molecular formula is C42H38O5. The predicted molar refractivity (Wildman–Crippen MR) is 188 cm³/mol. The van der Waals surface area contributed by atoms with Gasteiger partial charge in [0.25, 0.3) is 0 Å². The average Bonchev–Trinajstić information content (AvgIpc) is 3.11. The minimum absolute atomic E-state index is 0.376. The fourth-order valence-electron chi connectivity index (χ4n) is 5.49. The molecular weight excluding hydrogens is 584 g/mol. The van der Waals surface area contributed by atoms with E-state index in [1.54, 1.807) is 0 Å². The molecule has 0 saturated heterocycles. The molecule has 0 radical (unpaired) electrons. The van der Waals surface area contributed by atoms with Crippen LogP contribution < -0.4 is 18.9 Å². The zero-order valence-electron chi connectivity index (χ0n) is 26.7. The molecule has 0 aromatic heterocycles. The maximum Gasteiger partial charge on any atom is 0.135 e. The van der Waals surface area contributed by atoms with Crippen molar-refractivity contribution in [1.82, 2.24) is 0 Å². The van der Waals surface area contributed by atoms with E-state index in [0.29, 0.717) is 26.4 Å². The second kappa shape index (κ2) is 15.7. The van der Waals surface area contributed by atoms with Gasteiger partial charge in [-0.2, -0.15) is 0 Å². The third-order valence-electron chi connectivity index (χ3n) is 7.59. The molecule has 0 aliphatic rings. The summed E-state index contributed by atoms with van der Waals surface area (Å²) in [6.45, 7) is 5.95. The standard InChI is InChI=1S/C42H38O5/c1-3-44-35-25-21-31(22-26-35)41-33(13-11-19-39(41)46-37-15-7-5-8-16-37)29-43-30-34-14-12-20-40(47-38-17-9-6-10-18-38)42(34)32-23-27-36(28-24-32)45-4-2/h5-28H,3-4,29-30H2,1-2H3. The highest BCUT2D eigenvalue weighted by Gasteiger charge is 2.17. The van der Waals surface area contributed by atoms with Crippen LogP contribution in [0.25, 0.3) is 22.3 Å². The first-order chi connectivity index (χ1) is 23.2. The topological polar surface area (TPSA) is 46.2 Å². The van der Waals surface area contributed by atoms with Crippen LogP contribution in [-0.2, 0) is 18.0 Å². The summed E-state index contributed by atoms with van der Waals surface area (Å²) in [5.41, 5.74) is 6.03. The first kappa shape index (κ1) is 31.5. The Morgan fingerprint density at radius 1 is 0.383 bits per heavy atom. The van der Waals surface area contributed by atoms with Crippen LogP contribution in [0.15, 0.2) is 146 Å². The molecule has 6 aromatic carbocycles. The van der Waals surface area contributed by atoms with Gasteiger partial charge >= 0.3 is 0 Å². The van der Waals surface area contributed by atoms with Crippen LogP contribution in [0.3, 0.4) is 0 Å². The first-order valence-corrected chi connectivity index (χ1v) is 16.0. The van der Waals surface area contributed by atoms with Gasteiger partial charge in [-0.05, 0) is 96.8 Å². The van der Waals surface area contributed by atoms with Gasteiger partial charge in [-0.1, -0.05) is 84.9 Å².